The smallest absolute Gasteiger partial charge is 0.251 e. The van der Waals surface area contributed by atoms with Gasteiger partial charge in [-0.1, -0.05) is 36.4 Å². The topological polar surface area (TPSA) is 67.9 Å². The van der Waals surface area contributed by atoms with E-state index in [9.17, 15) is 9.59 Å². The lowest BCUT2D eigenvalue weighted by Crippen LogP contribution is -2.42. The van der Waals surface area contributed by atoms with Gasteiger partial charge in [-0.25, -0.2) is 0 Å². The quantitative estimate of drug-likeness (QED) is 0.419. The summed E-state index contributed by atoms with van der Waals surface area (Å²) in [6, 6.07) is 23.5. The van der Waals surface area contributed by atoms with Gasteiger partial charge in [0.05, 0.1) is 19.7 Å². The van der Waals surface area contributed by atoms with Gasteiger partial charge in [0.25, 0.3) is 5.91 Å². The molecule has 7 heteroatoms. The van der Waals surface area contributed by atoms with E-state index in [1.165, 1.54) is 0 Å². The molecule has 1 atom stereocenters. The monoisotopic (exact) mass is 508 g/mol. The summed E-state index contributed by atoms with van der Waals surface area (Å²) in [5, 5.41) is 4.95. The Hall–Kier alpha value is -4.10. The van der Waals surface area contributed by atoms with Crippen molar-refractivity contribution in [2.24, 2.45) is 0 Å². The molecule has 1 spiro atoms. The van der Waals surface area contributed by atoms with Crippen LogP contribution >= 0.6 is 11.3 Å². The molecule has 0 saturated carbocycles. The van der Waals surface area contributed by atoms with Crippen LogP contribution in [-0.2, 0) is 29.7 Å². The average Bonchev–Trinajstić information content (AvgIpc) is 3.72. The lowest BCUT2D eigenvalue weighted by molar-refractivity contribution is -0.122. The maximum absolute atomic E-state index is 14.2. The number of nitrogens with one attached hydrogen (secondary N) is 1. The number of thiophene rings is 1. The first kappa shape index (κ1) is 22.1. The van der Waals surface area contributed by atoms with Gasteiger partial charge in [-0.15, -0.1) is 11.3 Å². The molecule has 0 radical (unpaired) electrons. The second-order valence-corrected chi connectivity index (χ2v) is 10.6. The van der Waals surface area contributed by atoms with Crippen LogP contribution in [0.15, 0.2) is 78.2 Å². The molecule has 2 amide bonds. The third-order valence-corrected chi connectivity index (χ3v) is 8.40. The van der Waals surface area contributed by atoms with Crippen LogP contribution in [0.4, 0.5) is 5.69 Å². The third kappa shape index (κ3) is 3.45. The number of fused-ring (bicyclic) bond motifs is 5. The van der Waals surface area contributed by atoms with Crippen LogP contribution in [0.25, 0.3) is 0 Å². The van der Waals surface area contributed by atoms with Gasteiger partial charge < -0.3 is 19.7 Å². The summed E-state index contributed by atoms with van der Waals surface area (Å²) in [5.41, 5.74) is 4.62. The highest BCUT2D eigenvalue weighted by Gasteiger charge is 2.57. The van der Waals surface area contributed by atoms with Gasteiger partial charge in [0, 0.05) is 34.2 Å². The molecule has 37 heavy (non-hydrogen) atoms. The van der Waals surface area contributed by atoms with Gasteiger partial charge in [-0.05, 0) is 52.4 Å². The Labute approximate surface area is 218 Å². The summed E-state index contributed by atoms with van der Waals surface area (Å²) < 4.78 is 11.8. The largest absolute Gasteiger partial charge is 0.493 e. The van der Waals surface area contributed by atoms with Crippen LogP contribution in [-0.4, -0.2) is 25.0 Å². The van der Waals surface area contributed by atoms with E-state index >= 15 is 0 Å². The average molecular weight is 509 g/mol. The lowest BCUT2D eigenvalue weighted by atomic mass is 9.76. The molecule has 1 N–H and O–H groups in total. The minimum Gasteiger partial charge on any atom is -0.493 e. The van der Waals surface area contributed by atoms with Gasteiger partial charge in [-0.3, -0.25) is 9.59 Å². The number of amides is 2. The van der Waals surface area contributed by atoms with Gasteiger partial charge in [-0.2, -0.15) is 0 Å². The van der Waals surface area contributed by atoms with Crippen molar-refractivity contribution in [1.29, 1.82) is 0 Å². The Morgan fingerprint density at radius 2 is 1.84 bits per heavy atom. The first-order chi connectivity index (χ1) is 18.1. The first-order valence-corrected chi connectivity index (χ1v) is 13.3. The van der Waals surface area contributed by atoms with E-state index in [0.29, 0.717) is 25.3 Å². The Kier molecular flexibility index (Phi) is 5.08. The van der Waals surface area contributed by atoms with E-state index in [2.05, 4.69) is 11.4 Å². The van der Waals surface area contributed by atoms with Crippen LogP contribution in [0, 0.1) is 0 Å². The third-order valence-electron chi connectivity index (χ3n) is 7.52. The molecule has 6 nitrogen and oxygen atoms in total. The van der Waals surface area contributed by atoms with E-state index in [1.54, 1.807) is 11.3 Å². The van der Waals surface area contributed by atoms with Crippen molar-refractivity contribution in [2.45, 2.75) is 24.9 Å². The molecule has 3 aromatic carbocycles. The molecule has 1 unspecified atom stereocenters. The molecule has 184 valence electrons. The maximum atomic E-state index is 14.2. The Morgan fingerprint density at radius 1 is 0.973 bits per heavy atom. The Morgan fingerprint density at radius 3 is 2.68 bits per heavy atom. The summed E-state index contributed by atoms with van der Waals surface area (Å²) in [5.74, 6) is 1.48. The highest BCUT2D eigenvalue weighted by molar-refractivity contribution is 7.09. The van der Waals surface area contributed by atoms with Crippen molar-refractivity contribution in [1.82, 2.24) is 5.32 Å². The number of ether oxygens (including phenoxy) is 2. The van der Waals surface area contributed by atoms with Crippen molar-refractivity contribution in [3.63, 3.8) is 0 Å². The minimum absolute atomic E-state index is 0.0177. The summed E-state index contributed by atoms with van der Waals surface area (Å²) in [6.45, 7) is 1.86. The Balaban J connectivity index is 1.16. The predicted octanol–water partition coefficient (Wildman–Crippen LogP) is 4.84. The zero-order valence-electron chi connectivity index (χ0n) is 20.0. The normalized spacial score (nSPS) is 18.8. The number of anilines is 1. The number of rotatable bonds is 5. The van der Waals surface area contributed by atoms with Crippen LogP contribution in [0.1, 0.15) is 37.5 Å². The molecule has 0 aliphatic carbocycles. The van der Waals surface area contributed by atoms with Gasteiger partial charge in [0.1, 0.15) is 23.5 Å². The summed E-state index contributed by atoms with van der Waals surface area (Å²) in [7, 11) is 0. The van der Waals surface area contributed by atoms with Crippen molar-refractivity contribution >= 4 is 28.8 Å². The molecule has 0 fully saturated rings. The standard InChI is InChI=1S/C30H24N2O4S/c33-28(31-16-22-4-3-13-37-22)20-9-7-19(8-10-20)17-32-25-6-2-1-5-23(25)30(29(32)34)18-36-27-15-26-21(11-12-35-26)14-24(27)30/h1-10,13-15H,11-12,16-18H2,(H,31,33). The van der Waals surface area contributed by atoms with Crippen LogP contribution < -0.4 is 19.7 Å². The second-order valence-electron chi connectivity index (χ2n) is 9.62. The summed E-state index contributed by atoms with van der Waals surface area (Å²) in [6.07, 6.45) is 0.839. The molecule has 7 rings (SSSR count). The van der Waals surface area contributed by atoms with Crippen molar-refractivity contribution in [3.05, 3.63) is 111 Å². The summed E-state index contributed by atoms with van der Waals surface area (Å²) in [4.78, 5) is 29.7. The maximum Gasteiger partial charge on any atom is 0.251 e. The fourth-order valence-electron chi connectivity index (χ4n) is 5.63. The molecule has 3 aliphatic heterocycles. The number of carbonyl (C=O) groups excluding carboxylic acids is 2. The highest BCUT2D eigenvalue weighted by Crippen LogP contribution is 2.54. The molecule has 0 saturated heterocycles. The number of hydrogen-bond acceptors (Lipinski definition) is 5. The fourth-order valence-corrected chi connectivity index (χ4v) is 6.28. The van der Waals surface area contributed by atoms with E-state index in [1.807, 2.05) is 77.0 Å². The van der Waals surface area contributed by atoms with E-state index in [-0.39, 0.29) is 18.4 Å². The highest BCUT2D eigenvalue weighted by atomic mass is 32.1. The molecule has 1 aromatic heterocycles. The van der Waals surface area contributed by atoms with Gasteiger partial charge in [0.15, 0.2) is 0 Å². The molecule has 4 heterocycles. The number of benzene rings is 3. The van der Waals surface area contributed by atoms with Crippen molar-refractivity contribution in [3.8, 4) is 11.5 Å². The van der Waals surface area contributed by atoms with Gasteiger partial charge >= 0.3 is 0 Å². The first-order valence-electron chi connectivity index (χ1n) is 12.4. The molecular formula is C30H24N2O4S. The molecule has 3 aliphatic rings. The fraction of sp³-hybridized carbons (Fsp3) is 0.200. The number of hydrogen-bond donors (Lipinski definition) is 1. The molecule has 0 bridgehead atoms. The van der Waals surface area contributed by atoms with Crippen molar-refractivity contribution in [2.75, 3.05) is 18.1 Å². The summed E-state index contributed by atoms with van der Waals surface area (Å²) >= 11 is 1.62. The number of para-hydroxylation sites is 1. The molecular weight excluding hydrogens is 484 g/mol. The second kappa shape index (κ2) is 8.49. The zero-order chi connectivity index (χ0) is 25.0. The zero-order valence-corrected chi connectivity index (χ0v) is 20.8. The lowest BCUT2D eigenvalue weighted by Gasteiger charge is -2.23. The van der Waals surface area contributed by atoms with E-state index < -0.39 is 5.41 Å². The predicted molar refractivity (Wildman–Crippen MR) is 141 cm³/mol. The van der Waals surface area contributed by atoms with E-state index in [0.717, 1.165) is 50.7 Å². The van der Waals surface area contributed by atoms with Crippen LogP contribution in [0.5, 0.6) is 11.5 Å². The van der Waals surface area contributed by atoms with Crippen LogP contribution in [0.2, 0.25) is 0 Å². The number of carbonyl (C=O) groups is 2. The SMILES string of the molecule is O=C(NCc1cccs1)c1ccc(CN2C(=O)C3(COc4cc5c(cc43)CCO5)c3ccccc32)cc1. The van der Waals surface area contributed by atoms with Crippen molar-refractivity contribution < 1.29 is 19.1 Å². The minimum atomic E-state index is -0.856. The number of nitrogens with zero attached hydrogens (tertiary/aromatic N) is 1. The Bertz CT molecular complexity index is 1530. The van der Waals surface area contributed by atoms with Crippen LogP contribution in [0.3, 0.4) is 0 Å². The molecule has 4 aromatic rings. The van der Waals surface area contributed by atoms with E-state index in [4.69, 9.17) is 9.47 Å². The van der Waals surface area contributed by atoms with Gasteiger partial charge in [0.2, 0.25) is 5.91 Å².